The van der Waals surface area contributed by atoms with E-state index in [0.717, 1.165) is 22.7 Å². The molecule has 2 aliphatic heterocycles. The molecule has 3 heteroatoms. The highest BCUT2D eigenvalue weighted by Crippen LogP contribution is 2.57. The minimum Gasteiger partial charge on any atom is -0.386 e. The van der Waals surface area contributed by atoms with Crippen LogP contribution in [0.15, 0.2) is 47.7 Å². The fraction of sp³-hybridized carbons (Fsp3) is 0.500. The van der Waals surface area contributed by atoms with Crippen molar-refractivity contribution in [3.05, 3.63) is 58.9 Å². The molecule has 4 atom stereocenters. The summed E-state index contributed by atoms with van der Waals surface area (Å²) in [6.07, 6.45) is 9.66. The highest BCUT2D eigenvalue weighted by atomic mass is 35.5. The van der Waals surface area contributed by atoms with Crippen molar-refractivity contribution in [3.63, 3.8) is 0 Å². The van der Waals surface area contributed by atoms with Crippen molar-refractivity contribution in [1.29, 1.82) is 0 Å². The highest BCUT2D eigenvalue weighted by Gasteiger charge is 2.51. The van der Waals surface area contributed by atoms with E-state index in [1.165, 1.54) is 36.9 Å². The number of nitrogens with one attached hydrogen (secondary N) is 1. The lowest BCUT2D eigenvalue weighted by molar-refractivity contribution is 0.135. The third-order valence-corrected chi connectivity index (χ3v) is 7.17. The van der Waals surface area contributed by atoms with Crippen molar-refractivity contribution < 1.29 is 0 Å². The molecule has 0 bridgehead atoms. The van der Waals surface area contributed by atoms with Gasteiger partial charge in [0.2, 0.25) is 0 Å². The Labute approximate surface area is 156 Å². The van der Waals surface area contributed by atoms with E-state index in [0.29, 0.717) is 17.9 Å². The monoisotopic (exact) mass is 354 g/mol. The molecule has 2 fully saturated rings. The van der Waals surface area contributed by atoms with Gasteiger partial charge in [0.25, 0.3) is 0 Å². The van der Waals surface area contributed by atoms with E-state index in [-0.39, 0.29) is 5.41 Å². The van der Waals surface area contributed by atoms with Gasteiger partial charge >= 0.3 is 0 Å². The van der Waals surface area contributed by atoms with Crippen molar-refractivity contribution in [2.45, 2.75) is 57.9 Å². The number of halogens is 1. The van der Waals surface area contributed by atoms with Gasteiger partial charge in [0.1, 0.15) is 0 Å². The van der Waals surface area contributed by atoms with Crippen molar-refractivity contribution in [2.75, 3.05) is 0 Å². The fourth-order valence-corrected chi connectivity index (χ4v) is 5.70. The van der Waals surface area contributed by atoms with Crippen LogP contribution in [0.5, 0.6) is 0 Å². The first-order valence-corrected chi connectivity index (χ1v) is 9.90. The van der Waals surface area contributed by atoms with E-state index in [9.17, 15) is 0 Å². The number of aliphatic imine (C=N–C) groups is 1. The van der Waals surface area contributed by atoms with Gasteiger partial charge in [-0.25, -0.2) is 0 Å². The zero-order valence-corrected chi connectivity index (χ0v) is 15.9. The Bertz CT molecular complexity index is 763. The summed E-state index contributed by atoms with van der Waals surface area (Å²) in [5.74, 6) is 1.20. The van der Waals surface area contributed by atoms with Crippen LogP contribution in [-0.4, -0.2) is 11.8 Å². The van der Waals surface area contributed by atoms with Crippen LogP contribution in [0.4, 0.5) is 0 Å². The predicted octanol–water partition coefficient (Wildman–Crippen LogP) is 5.83. The van der Waals surface area contributed by atoms with Crippen LogP contribution in [-0.2, 0) is 0 Å². The van der Waals surface area contributed by atoms with Gasteiger partial charge in [-0.1, -0.05) is 43.3 Å². The van der Waals surface area contributed by atoms with Gasteiger partial charge < -0.3 is 5.32 Å². The van der Waals surface area contributed by atoms with Crippen molar-refractivity contribution in [2.24, 2.45) is 16.3 Å². The Morgan fingerprint density at radius 2 is 2.24 bits per heavy atom. The minimum atomic E-state index is 0.284. The van der Waals surface area contributed by atoms with Crippen LogP contribution in [0.3, 0.4) is 0 Å². The molecule has 4 unspecified atom stereocenters. The molecule has 4 rings (SSSR count). The first-order chi connectivity index (χ1) is 12.0. The van der Waals surface area contributed by atoms with Crippen LogP contribution < -0.4 is 5.32 Å². The van der Waals surface area contributed by atoms with E-state index in [4.69, 9.17) is 11.6 Å². The quantitative estimate of drug-likeness (QED) is 0.725. The van der Waals surface area contributed by atoms with Gasteiger partial charge in [-0.15, -0.1) is 0 Å². The Morgan fingerprint density at radius 1 is 1.40 bits per heavy atom. The molecule has 1 saturated carbocycles. The van der Waals surface area contributed by atoms with E-state index in [1.807, 2.05) is 6.20 Å². The lowest BCUT2D eigenvalue weighted by atomic mass is 9.60. The van der Waals surface area contributed by atoms with Crippen LogP contribution in [0.25, 0.3) is 0 Å². The number of nitrogens with zero attached hydrogens (tertiary/aromatic N) is 1. The van der Waals surface area contributed by atoms with E-state index in [1.54, 1.807) is 0 Å². The molecule has 3 aliphatic rings. The molecule has 0 amide bonds. The molecule has 25 heavy (non-hydrogen) atoms. The number of benzene rings is 1. The summed E-state index contributed by atoms with van der Waals surface area (Å²) < 4.78 is 0. The molecule has 1 aliphatic carbocycles. The molecule has 1 aromatic rings. The van der Waals surface area contributed by atoms with Crippen molar-refractivity contribution >= 4 is 17.3 Å². The van der Waals surface area contributed by atoms with Crippen LogP contribution in [0.1, 0.15) is 63.0 Å². The first-order valence-electron chi connectivity index (χ1n) is 9.52. The Morgan fingerprint density at radius 3 is 2.92 bits per heavy atom. The van der Waals surface area contributed by atoms with Gasteiger partial charge in [0, 0.05) is 34.8 Å². The minimum absolute atomic E-state index is 0.284. The summed E-state index contributed by atoms with van der Waals surface area (Å²) in [6.45, 7) is 8.97. The summed E-state index contributed by atoms with van der Waals surface area (Å²) >= 11 is 6.71. The molecule has 0 aromatic heterocycles. The Balaban J connectivity index is 1.58. The summed E-state index contributed by atoms with van der Waals surface area (Å²) in [7, 11) is 0. The smallest absolute Gasteiger partial charge is 0.0514 e. The summed E-state index contributed by atoms with van der Waals surface area (Å²) in [6, 6.07) is 7.06. The molecular formula is C22H27ClN2. The molecule has 0 spiro atoms. The molecule has 0 radical (unpaired) electrons. The first kappa shape index (κ1) is 16.9. The third kappa shape index (κ3) is 2.66. The van der Waals surface area contributed by atoms with Crippen molar-refractivity contribution in [1.82, 2.24) is 5.32 Å². The van der Waals surface area contributed by atoms with E-state index in [2.05, 4.69) is 55.0 Å². The normalized spacial score (nSPS) is 34.0. The standard InChI is InChI=1S/C22H27ClN2/c1-4-22-10-9-16(12-19(22)14(2)25-15(22)3)18-8-7-17(13-20(18)23)21-6-5-11-24-21/h5,7-8,11,13-14,16,19,25H,3-4,6,9-10,12H2,1-2H3. The zero-order chi connectivity index (χ0) is 17.6. The maximum Gasteiger partial charge on any atom is 0.0514 e. The molecule has 2 nitrogen and oxygen atoms in total. The molecule has 1 saturated heterocycles. The lowest BCUT2D eigenvalue weighted by Crippen LogP contribution is -2.36. The molecule has 132 valence electrons. The average molecular weight is 355 g/mol. The molecule has 1 N–H and O–H groups in total. The molecule has 1 aromatic carbocycles. The summed E-state index contributed by atoms with van der Waals surface area (Å²) in [4.78, 5) is 4.43. The summed E-state index contributed by atoms with van der Waals surface area (Å²) in [5.41, 5.74) is 5.13. The number of hydrogen-bond acceptors (Lipinski definition) is 2. The second-order valence-electron chi connectivity index (χ2n) is 7.90. The Kier molecular flexibility index (Phi) is 4.27. The van der Waals surface area contributed by atoms with Gasteiger partial charge in [0.15, 0.2) is 0 Å². The number of fused-ring (bicyclic) bond motifs is 1. The Hall–Kier alpha value is -1.54. The zero-order valence-electron chi connectivity index (χ0n) is 15.2. The van der Waals surface area contributed by atoms with Crippen LogP contribution in [0.2, 0.25) is 5.02 Å². The van der Waals surface area contributed by atoms with Gasteiger partial charge in [-0.05, 0) is 61.6 Å². The maximum atomic E-state index is 6.71. The number of hydrogen-bond donors (Lipinski definition) is 1. The second-order valence-corrected chi connectivity index (χ2v) is 8.31. The predicted molar refractivity (Wildman–Crippen MR) is 106 cm³/mol. The maximum absolute atomic E-state index is 6.71. The molecule has 2 heterocycles. The molecular weight excluding hydrogens is 328 g/mol. The van der Waals surface area contributed by atoms with E-state index >= 15 is 0 Å². The van der Waals surface area contributed by atoms with Gasteiger partial charge in [-0.2, -0.15) is 0 Å². The SMILES string of the molecule is C=C1NC(C)C2CC(c3ccc(C4=NC=CC4)cc3Cl)CCC12CC. The number of rotatable bonds is 3. The van der Waals surface area contributed by atoms with Crippen LogP contribution in [0, 0.1) is 11.3 Å². The lowest BCUT2D eigenvalue weighted by Gasteiger charge is -2.43. The number of allylic oxidation sites excluding steroid dienone is 2. The van der Waals surface area contributed by atoms with Crippen molar-refractivity contribution in [3.8, 4) is 0 Å². The van der Waals surface area contributed by atoms with Crippen LogP contribution >= 0.6 is 11.6 Å². The fourth-order valence-electron chi connectivity index (χ4n) is 5.37. The third-order valence-electron chi connectivity index (χ3n) is 6.84. The summed E-state index contributed by atoms with van der Waals surface area (Å²) in [5, 5.41) is 4.53. The second kappa shape index (κ2) is 6.32. The van der Waals surface area contributed by atoms with Gasteiger partial charge in [0.05, 0.1) is 5.71 Å². The van der Waals surface area contributed by atoms with Gasteiger partial charge in [-0.3, -0.25) is 4.99 Å². The average Bonchev–Trinajstić information content (AvgIpc) is 3.22. The topological polar surface area (TPSA) is 24.4 Å². The van der Waals surface area contributed by atoms with E-state index < -0.39 is 0 Å². The largest absolute Gasteiger partial charge is 0.386 e. The highest BCUT2D eigenvalue weighted by molar-refractivity contribution is 6.32.